The van der Waals surface area contributed by atoms with E-state index in [0.717, 1.165) is 17.8 Å². The van der Waals surface area contributed by atoms with Crippen LogP contribution >= 0.6 is 11.5 Å². The van der Waals surface area contributed by atoms with Crippen LogP contribution in [0.2, 0.25) is 0 Å². The van der Waals surface area contributed by atoms with E-state index < -0.39 is 0 Å². The van der Waals surface area contributed by atoms with Crippen molar-refractivity contribution in [2.75, 3.05) is 11.1 Å². The van der Waals surface area contributed by atoms with Crippen molar-refractivity contribution in [1.29, 1.82) is 0 Å². The average Bonchev–Trinajstić information content (AvgIpc) is 2.75. The second-order valence-electron chi connectivity index (χ2n) is 4.47. The van der Waals surface area contributed by atoms with Gasteiger partial charge in [-0.05, 0) is 41.9 Å². The van der Waals surface area contributed by atoms with Gasteiger partial charge in [-0.25, -0.2) is 0 Å². The Bertz CT molecular complexity index is 521. The van der Waals surface area contributed by atoms with Crippen molar-refractivity contribution in [3.63, 3.8) is 0 Å². The third-order valence-electron chi connectivity index (χ3n) is 3.22. The largest absolute Gasteiger partial charge is 0.383 e. The molecule has 4 heteroatoms. The molecule has 0 saturated carbocycles. The fourth-order valence-electron chi connectivity index (χ4n) is 2.38. The Morgan fingerprint density at radius 3 is 2.88 bits per heavy atom. The van der Waals surface area contributed by atoms with E-state index >= 15 is 0 Å². The van der Waals surface area contributed by atoms with Gasteiger partial charge in [0.2, 0.25) is 0 Å². The van der Waals surface area contributed by atoms with Gasteiger partial charge in [0.1, 0.15) is 10.8 Å². The summed E-state index contributed by atoms with van der Waals surface area (Å²) in [6.07, 6.45) is 3.42. The number of aromatic nitrogens is 1. The highest BCUT2D eigenvalue weighted by Crippen LogP contribution is 2.25. The molecule has 1 aliphatic carbocycles. The minimum atomic E-state index is 0.504. The fourth-order valence-corrected chi connectivity index (χ4v) is 3.03. The highest BCUT2D eigenvalue weighted by atomic mass is 32.1. The van der Waals surface area contributed by atoms with Crippen molar-refractivity contribution in [1.82, 2.24) is 4.37 Å². The molecule has 3 nitrogen and oxygen atoms in total. The Balaban J connectivity index is 1.72. The quantitative estimate of drug-likeness (QED) is 0.855. The van der Waals surface area contributed by atoms with Gasteiger partial charge >= 0.3 is 0 Å². The Labute approximate surface area is 105 Å². The minimum absolute atomic E-state index is 0.504. The van der Waals surface area contributed by atoms with Crippen LogP contribution in [-0.4, -0.2) is 10.4 Å². The first-order chi connectivity index (χ1) is 8.31. The molecule has 88 valence electrons. The molecule has 17 heavy (non-hydrogen) atoms. The predicted octanol–water partition coefficient (Wildman–Crippen LogP) is 2.69. The van der Waals surface area contributed by atoms with Crippen LogP contribution < -0.4 is 11.1 Å². The first-order valence-corrected chi connectivity index (χ1v) is 6.64. The lowest BCUT2D eigenvalue weighted by Crippen LogP contribution is -2.26. The first-order valence-electron chi connectivity index (χ1n) is 5.87. The van der Waals surface area contributed by atoms with Gasteiger partial charge in [0.25, 0.3) is 0 Å². The van der Waals surface area contributed by atoms with Gasteiger partial charge in [-0.15, -0.1) is 0 Å². The topological polar surface area (TPSA) is 50.9 Å². The third-order valence-corrected chi connectivity index (χ3v) is 3.96. The smallest absolute Gasteiger partial charge is 0.139 e. The van der Waals surface area contributed by atoms with Crippen molar-refractivity contribution in [2.24, 2.45) is 0 Å². The molecule has 0 saturated heterocycles. The SMILES string of the molecule is Nc1cc(NC2CCc3ccccc3C2)sn1. The lowest BCUT2D eigenvalue weighted by atomic mass is 9.88. The molecule has 1 aromatic carbocycles. The number of nitrogen functional groups attached to an aromatic ring is 1. The number of nitrogens with zero attached hydrogens (tertiary/aromatic N) is 1. The molecular weight excluding hydrogens is 230 g/mol. The molecule has 0 amide bonds. The lowest BCUT2D eigenvalue weighted by Gasteiger charge is -2.25. The number of benzene rings is 1. The molecule has 3 N–H and O–H groups in total. The van der Waals surface area contributed by atoms with Crippen molar-refractivity contribution < 1.29 is 0 Å². The summed E-state index contributed by atoms with van der Waals surface area (Å²) in [5.74, 6) is 0.605. The maximum absolute atomic E-state index is 5.62. The summed E-state index contributed by atoms with van der Waals surface area (Å²) in [6, 6.07) is 11.1. The summed E-state index contributed by atoms with van der Waals surface area (Å²) in [6.45, 7) is 0. The first kappa shape index (κ1) is 10.6. The average molecular weight is 245 g/mol. The van der Waals surface area contributed by atoms with Crippen LogP contribution in [0.15, 0.2) is 30.3 Å². The predicted molar refractivity (Wildman–Crippen MR) is 72.4 cm³/mol. The van der Waals surface area contributed by atoms with Gasteiger partial charge < -0.3 is 11.1 Å². The third kappa shape index (κ3) is 2.26. The molecule has 0 bridgehead atoms. The van der Waals surface area contributed by atoms with E-state index in [1.54, 1.807) is 0 Å². The van der Waals surface area contributed by atoms with E-state index in [1.807, 2.05) is 6.07 Å². The van der Waals surface area contributed by atoms with Crippen LogP contribution in [-0.2, 0) is 12.8 Å². The van der Waals surface area contributed by atoms with E-state index in [-0.39, 0.29) is 0 Å². The summed E-state index contributed by atoms with van der Waals surface area (Å²) >= 11 is 1.44. The Morgan fingerprint density at radius 1 is 1.29 bits per heavy atom. The number of aryl methyl sites for hydroxylation is 1. The summed E-state index contributed by atoms with van der Waals surface area (Å²) in [4.78, 5) is 0. The molecule has 1 aliphatic rings. The van der Waals surface area contributed by atoms with Gasteiger partial charge in [-0.1, -0.05) is 24.3 Å². The molecule has 1 aromatic heterocycles. The highest BCUT2D eigenvalue weighted by Gasteiger charge is 2.18. The number of nitrogens with two attached hydrogens (primary N) is 1. The highest BCUT2D eigenvalue weighted by molar-refractivity contribution is 7.10. The summed E-state index contributed by atoms with van der Waals surface area (Å²) in [5, 5.41) is 4.59. The van der Waals surface area contributed by atoms with Crippen molar-refractivity contribution in [3.8, 4) is 0 Å². The van der Waals surface area contributed by atoms with E-state index in [1.165, 1.54) is 29.1 Å². The number of rotatable bonds is 2. The summed E-state index contributed by atoms with van der Waals surface area (Å²) in [7, 11) is 0. The number of hydrogen-bond acceptors (Lipinski definition) is 4. The van der Waals surface area contributed by atoms with E-state index in [0.29, 0.717) is 11.9 Å². The molecule has 0 radical (unpaired) electrons. The summed E-state index contributed by atoms with van der Waals surface area (Å²) < 4.78 is 4.08. The molecular formula is C13H15N3S. The Morgan fingerprint density at radius 2 is 2.12 bits per heavy atom. The van der Waals surface area contributed by atoms with Gasteiger partial charge in [-0.2, -0.15) is 4.37 Å². The van der Waals surface area contributed by atoms with Crippen molar-refractivity contribution >= 4 is 22.4 Å². The zero-order valence-corrected chi connectivity index (χ0v) is 10.3. The molecule has 0 spiro atoms. The molecule has 2 aromatic rings. The second-order valence-corrected chi connectivity index (χ2v) is 5.27. The Kier molecular flexibility index (Phi) is 2.73. The monoisotopic (exact) mass is 245 g/mol. The number of hydrogen-bond donors (Lipinski definition) is 2. The van der Waals surface area contributed by atoms with E-state index in [2.05, 4.69) is 34.0 Å². The van der Waals surface area contributed by atoms with Gasteiger partial charge in [0, 0.05) is 12.1 Å². The lowest BCUT2D eigenvalue weighted by molar-refractivity contribution is 0.612. The van der Waals surface area contributed by atoms with Crippen LogP contribution in [0.1, 0.15) is 17.5 Å². The molecule has 1 heterocycles. The molecule has 0 aliphatic heterocycles. The maximum atomic E-state index is 5.62. The Hall–Kier alpha value is -1.55. The van der Waals surface area contributed by atoms with Crippen LogP contribution in [0.3, 0.4) is 0 Å². The van der Waals surface area contributed by atoms with Crippen LogP contribution in [0.4, 0.5) is 10.8 Å². The second kappa shape index (κ2) is 4.37. The molecule has 1 unspecified atom stereocenters. The normalized spacial score (nSPS) is 18.7. The number of nitrogens with one attached hydrogen (secondary N) is 1. The van der Waals surface area contributed by atoms with E-state index in [9.17, 15) is 0 Å². The standard InChI is InChI=1S/C13H15N3S/c14-12-8-13(17-16-12)15-11-6-5-9-3-1-2-4-10(9)7-11/h1-4,8,11,15H,5-7H2,(H2,14,16). The van der Waals surface area contributed by atoms with Gasteiger partial charge in [0.05, 0.1) is 0 Å². The minimum Gasteiger partial charge on any atom is -0.383 e. The number of anilines is 2. The zero-order chi connectivity index (χ0) is 11.7. The molecule has 1 atom stereocenters. The van der Waals surface area contributed by atoms with E-state index in [4.69, 9.17) is 5.73 Å². The van der Waals surface area contributed by atoms with Crippen LogP contribution in [0.5, 0.6) is 0 Å². The van der Waals surface area contributed by atoms with Gasteiger partial charge in [-0.3, -0.25) is 0 Å². The zero-order valence-electron chi connectivity index (χ0n) is 9.52. The maximum Gasteiger partial charge on any atom is 0.139 e. The van der Waals surface area contributed by atoms with Gasteiger partial charge in [0.15, 0.2) is 0 Å². The summed E-state index contributed by atoms with van der Waals surface area (Å²) in [5.41, 5.74) is 8.58. The van der Waals surface area contributed by atoms with Crippen LogP contribution in [0, 0.1) is 0 Å². The van der Waals surface area contributed by atoms with Crippen molar-refractivity contribution in [3.05, 3.63) is 41.5 Å². The van der Waals surface area contributed by atoms with Crippen LogP contribution in [0.25, 0.3) is 0 Å². The number of fused-ring (bicyclic) bond motifs is 1. The van der Waals surface area contributed by atoms with Crippen molar-refractivity contribution in [2.45, 2.75) is 25.3 Å². The fraction of sp³-hybridized carbons (Fsp3) is 0.308. The molecule has 0 fully saturated rings. The molecule has 3 rings (SSSR count).